The summed E-state index contributed by atoms with van der Waals surface area (Å²) in [5.41, 5.74) is 1.73. The van der Waals surface area contributed by atoms with Gasteiger partial charge in [0.1, 0.15) is 0 Å². The van der Waals surface area contributed by atoms with E-state index in [-0.39, 0.29) is 11.6 Å². The second-order valence-electron chi connectivity index (χ2n) is 4.88. The van der Waals surface area contributed by atoms with Crippen LogP contribution in [-0.2, 0) is 0 Å². The molecule has 94 valence electrons. The van der Waals surface area contributed by atoms with Gasteiger partial charge in [0.05, 0.1) is 18.5 Å². The second kappa shape index (κ2) is 4.82. The Morgan fingerprint density at radius 2 is 2.18 bits per heavy atom. The summed E-state index contributed by atoms with van der Waals surface area (Å²) in [6, 6.07) is 3.58. The molecule has 1 aromatic carbocycles. The van der Waals surface area contributed by atoms with Crippen molar-refractivity contribution in [3.05, 3.63) is 17.9 Å². The SMILES string of the molecule is COc1cc2c(cc1F)NCC(CC(C)C)N2. The van der Waals surface area contributed by atoms with Crippen LogP contribution in [0.15, 0.2) is 12.1 Å². The summed E-state index contributed by atoms with van der Waals surface area (Å²) < 4.78 is 18.5. The van der Waals surface area contributed by atoms with Crippen molar-refractivity contribution in [1.29, 1.82) is 0 Å². The fourth-order valence-electron chi connectivity index (χ4n) is 2.19. The lowest BCUT2D eigenvalue weighted by Crippen LogP contribution is -2.34. The summed E-state index contributed by atoms with van der Waals surface area (Å²) in [6.45, 7) is 5.22. The molecule has 1 atom stereocenters. The Morgan fingerprint density at radius 1 is 1.41 bits per heavy atom. The van der Waals surface area contributed by atoms with Crippen LogP contribution in [0.5, 0.6) is 5.75 Å². The highest BCUT2D eigenvalue weighted by molar-refractivity contribution is 5.73. The number of nitrogens with one attached hydrogen (secondary N) is 2. The number of halogens is 1. The molecule has 1 aliphatic rings. The maximum absolute atomic E-state index is 13.5. The van der Waals surface area contributed by atoms with E-state index in [1.165, 1.54) is 13.2 Å². The Bertz CT molecular complexity index is 407. The first kappa shape index (κ1) is 12.0. The van der Waals surface area contributed by atoms with Crippen molar-refractivity contribution < 1.29 is 9.13 Å². The molecular weight excluding hydrogens is 219 g/mol. The van der Waals surface area contributed by atoms with Crippen molar-refractivity contribution in [2.24, 2.45) is 5.92 Å². The highest BCUT2D eigenvalue weighted by Crippen LogP contribution is 2.33. The summed E-state index contributed by atoms with van der Waals surface area (Å²) in [5, 5.41) is 6.67. The van der Waals surface area contributed by atoms with Crippen LogP contribution in [0.1, 0.15) is 20.3 Å². The Hall–Kier alpha value is -1.45. The molecular formula is C13H19FN2O. The maximum atomic E-state index is 13.5. The fourth-order valence-corrected chi connectivity index (χ4v) is 2.19. The van der Waals surface area contributed by atoms with E-state index in [2.05, 4.69) is 24.5 Å². The molecule has 0 spiro atoms. The summed E-state index contributed by atoms with van der Waals surface area (Å²) >= 11 is 0. The van der Waals surface area contributed by atoms with Crippen LogP contribution in [0, 0.1) is 11.7 Å². The molecule has 0 radical (unpaired) electrons. The van der Waals surface area contributed by atoms with Crippen molar-refractivity contribution in [2.45, 2.75) is 26.3 Å². The van der Waals surface area contributed by atoms with Crippen LogP contribution in [0.3, 0.4) is 0 Å². The molecule has 1 unspecified atom stereocenters. The van der Waals surface area contributed by atoms with Crippen LogP contribution in [0.25, 0.3) is 0 Å². The Balaban J connectivity index is 2.19. The molecule has 1 aliphatic heterocycles. The van der Waals surface area contributed by atoms with Crippen LogP contribution in [-0.4, -0.2) is 19.7 Å². The average Bonchev–Trinajstić information content (AvgIpc) is 2.28. The molecule has 0 bridgehead atoms. The molecule has 0 amide bonds. The molecule has 3 nitrogen and oxygen atoms in total. The number of rotatable bonds is 3. The molecule has 0 aromatic heterocycles. The second-order valence-corrected chi connectivity index (χ2v) is 4.88. The molecule has 17 heavy (non-hydrogen) atoms. The number of fused-ring (bicyclic) bond motifs is 1. The predicted molar refractivity (Wildman–Crippen MR) is 68.3 cm³/mol. The lowest BCUT2D eigenvalue weighted by Gasteiger charge is -2.29. The van der Waals surface area contributed by atoms with Gasteiger partial charge in [0.2, 0.25) is 0 Å². The standard InChI is InChI=1S/C13H19FN2O/c1-8(2)4-9-7-15-11-5-10(14)13(17-3)6-12(11)16-9/h5-6,8-9,15-16H,4,7H2,1-3H3. The van der Waals surface area contributed by atoms with Gasteiger partial charge in [-0.15, -0.1) is 0 Å². The lowest BCUT2D eigenvalue weighted by molar-refractivity contribution is 0.386. The third kappa shape index (κ3) is 2.62. The smallest absolute Gasteiger partial charge is 0.167 e. The molecule has 2 rings (SSSR count). The van der Waals surface area contributed by atoms with E-state index in [9.17, 15) is 4.39 Å². The van der Waals surface area contributed by atoms with E-state index in [0.29, 0.717) is 12.0 Å². The predicted octanol–water partition coefficient (Wildman–Crippen LogP) is 3.09. The monoisotopic (exact) mass is 238 g/mol. The topological polar surface area (TPSA) is 33.3 Å². The Labute approximate surface area is 101 Å². The minimum absolute atomic E-state index is 0.281. The van der Waals surface area contributed by atoms with E-state index >= 15 is 0 Å². The summed E-state index contributed by atoms with van der Waals surface area (Å²) in [5.74, 6) is 0.587. The average molecular weight is 238 g/mol. The minimum atomic E-state index is -0.331. The van der Waals surface area contributed by atoms with Crippen LogP contribution < -0.4 is 15.4 Å². The van der Waals surface area contributed by atoms with E-state index in [4.69, 9.17) is 4.74 Å². The van der Waals surface area contributed by atoms with Crippen molar-refractivity contribution in [3.8, 4) is 5.75 Å². The van der Waals surface area contributed by atoms with Gasteiger partial charge in [0.15, 0.2) is 11.6 Å². The van der Waals surface area contributed by atoms with Gasteiger partial charge >= 0.3 is 0 Å². The first-order chi connectivity index (χ1) is 8.10. The molecule has 0 fully saturated rings. The quantitative estimate of drug-likeness (QED) is 0.849. The zero-order valence-electron chi connectivity index (χ0n) is 10.5. The highest BCUT2D eigenvalue weighted by Gasteiger charge is 2.20. The lowest BCUT2D eigenvalue weighted by atomic mass is 10.0. The number of hydrogen-bond donors (Lipinski definition) is 2. The van der Waals surface area contributed by atoms with Gasteiger partial charge < -0.3 is 15.4 Å². The number of benzene rings is 1. The molecule has 0 saturated carbocycles. The number of methoxy groups -OCH3 is 1. The van der Waals surface area contributed by atoms with E-state index in [1.54, 1.807) is 6.07 Å². The largest absolute Gasteiger partial charge is 0.494 e. The molecule has 1 heterocycles. The number of ether oxygens (including phenoxy) is 1. The van der Waals surface area contributed by atoms with Gasteiger partial charge in [-0.05, 0) is 12.3 Å². The first-order valence-electron chi connectivity index (χ1n) is 5.98. The Kier molecular flexibility index (Phi) is 3.41. The van der Waals surface area contributed by atoms with Gasteiger partial charge in [0, 0.05) is 24.7 Å². The zero-order chi connectivity index (χ0) is 12.4. The third-order valence-electron chi connectivity index (χ3n) is 2.95. The van der Waals surface area contributed by atoms with Crippen LogP contribution >= 0.6 is 0 Å². The van der Waals surface area contributed by atoms with E-state index in [0.717, 1.165) is 24.3 Å². The molecule has 0 aliphatic carbocycles. The number of hydrogen-bond acceptors (Lipinski definition) is 3. The summed E-state index contributed by atoms with van der Waals surface area (Å²) in [4.78, 5) is 0. The first-order valence-corrected chi connectivity index (χ1v) is 5.98. The normalized spacial score (nSPS) is 18.3. The Morgan fingerprint density at radius 3 is 2.82 bits per heavy atom. The maximum Gasteiger partial charge on any atom is 0.167 e. The summed E-state index contributed by atoms with van der Waals surface area (Å²) in [6.07, 6.45) is 1.09. The van der Waals surface area contributed by atoms with Crippen molar-refractivity contribution >= 4 is 11.4 Å². The van der Waals surface area contributed by atoms with E-state index < -0.39 is 0 Å². The van der Waals surface area contributed by atoms with Gasteiger partial charge in [-0.25, -0.2) is 4.39 Å². The van der Waals surface area contributed by atoms with Gasteiger partial charge in [-0.1, -0.05) is 13.8 Å². The zero-order valence-corrected chi connectivity index (χ0v) is 10.5. The summed E-state index contributed by atoms with van der Waals surface area (Å²) in [7, 11) is 1.48. The van der Waals surface area contributed by atoms with E-state index in [1.807, 2.05) is 0 Å². The minimum Gasteiger partial charge on any atom is -0.494 e. The van der Waals surface area contributed by atoms with Gasteiger partial charge in [-0.2, -0.15) is 0 Å². The molecule has 4 heteroatoms. The van der Waals surface area contributed by atoms with Crippen LogP contribution in [0.2, 0.25) is 0 Å². The van der Waals surface area contributed by atoms with Crippen LogP contribution in [0.4, 0.5) is 15.8 Å². The molecule has 0 saturated heterocycles. The van der Waals surface area contributed by atoms with Crippen molar-refractivity contribution in [3.63, 3.8) is 0 Å². The van der Waals surface area contributed by atoms with Gasteiger partial charge in [-0.3, -0.25) is 0 Å². The van der Waals surface area contributed by atoms with Gasteiger partial charge in [0.25, 0.3) is 0 Å². The van der Waals surface area contributed by atoms with Crippen molar-refractivity contribution in [1.82, 2.24) is 0 Å². The van der Waals surface area contributed by atoms with Crippen molar-refractivity contribution in [2.75, 3.05) is 24.3 Å². The molecule has 2 N–H and O–H groups in total. The fraction of sp³-hybridized carbons (Fsp3) is 0.538. The molecule has 1 aromatic rings. The number of anilines is 2. The highest BCUT2D eigenvalue weighted by atomic mass is 19.1. The third-order valence-corrected chi connectivity index (χ3v) is 2.95.